The molecule has 0 aliphatic carbocycles. The van der Waals surface area contributed by atoms with Gasteiger partial charge < -0.3 is 16.0 Å². The Hall–Kier alpha value is -4.06. The zero-order chi connectivity index (χ0) is 22.7. The van der Waals surface area contributed by atoms with Gasteiger partial charge in [-0.15, -0.1) is 0 Å². The maximum atomic E-state index is 12.6. The third kappa shape index (κ3) is 3.71. The Morgan fingerprint density at radius 1 is 1.16 bits per heavy atom. The summed E-state index contributed by atoms with van der Waals surface area (Å²) in [6, 6.07) is 0. The van der Waals surface area contributed by atoms with Crippen LogP contribution in [0.5, 0.6) is 0 Å². The van der Waals surface area contributed by atoms with Crippen molar-refractivity contribution in [2.75, 3.05) is 19.4 Å². The van der Waals surface area contributed by atoms with Crippen molar-refractivity contribution >= 4 is 39.9 Å². The minimum absolute atomic E-state index is 0.196. The fourth-order valence-corrected chi connectivity index (χ4v) is 3.49. The van der Waals surface area contributed by atoms with Crippen LogP contribution in [0.3, 0.4) is 0 Å². The summed E-state index contributed by atoms with van der Waals surface area (Å²) in [5.41, 5.74) is 4.43. The molecule has 0 aromatic carbocycles. The number of likely N-dealkylation sites (N-methyl/N-ethyl adjacent to an activating group) is 1. The lowest BCUT2D eigenvalue weighted by atomic mass is 9.95. The number of hydrogen-bond acceptors (Lipinski definition) is 9. The van der Waals surface area contributed by atoms with E-state index in [-0.39, 0.29) is 12.3 Å². The number of nitrogens with one attached hydrogen (secondary N) is 4. The van der Waals surface area contributed by atoms with Gasteiger partial charge in [-0.25, -0.2) is 19.6 Å². The summed E-state index contributed by atoms with van der Waals surface area (Å²) < 4.78 is 1.78. The third-order valence-corrected chi connectivity index (χ3v) is 5.12. The van der Waals surface area contributed by atoms with E-state index in [0.717, 1.165) is 5.39 Å². The number of carbonyl (C=O) groups excluding carboxylic acids is 2. The normalized spacial score (nSPS) is 17.5. The summed E-state index contributed by atoms with van der Waals surface area (Å²) in [4.78, 5) is 43.0. The molecular formula is C20H23N9O3. The Bertz CT molecular complexity index is 1190. The molecule has 0 radical (unpaired) electrons. The van der Waals surface area contributed by atoms with Crippen LogP contribution >= 0.6 is 0 Å². The van der Waals surface area contributed by atoms with Gasteiger partial charge in [-0.1, -0.05) is 0 Å². The van der Waals surface area contributed by atoms with Crippen LogP contribution in [0.4, 0.5) is 11.4 Å². The number of aryl methyl sites for hydroxylation is 1. The third-order valence-electron chi connectivity index (χ3n) is 5.12. The molecule has 1 aliphatic rings. The first-order valence-electron chi connectivity index (χ1n) is 9.98. The summed E-state index contributed by atoms with van der Waals surface area (Å²) in [5.74, 6) is -0.798. The van der Waals surface area contributed by atoms with Crippen LogP contribution in [0.15, 0.2) is 37.2 Å². The monoisotopic (exact) mass is 437 g/mol. The lowest BCUT2D eigenvalue weighted by molar-refractivity contribution is -0.148. The number of amides is 2. The highest BCUT2D eigenvalue weighted by Gasteiger charge is 2.44. The lowest BCUT2D eigenvalue weighted by Gasteiger charge is -2.22. The second kappa shape index (κ2) is 8.59. The minimum atomic E-state index is -1.51. The molecule has 2 amide bonds. The Morgan fingerprint density at radius 3 is 2.62 bits per heavy atom. The maximum absolute atomic E-state index is 12.6. The Morgan fingerprint density at radius 2 is 1.94 bits per heavy atom. The zero-order valence-corrected chi connectivity index (χ0v) is 17.8. The highest BCUT2D eigenvalue weighted by atomic mass is 16.7. The van der Waals surface area contributed by atoms with Crippen molar-refractivity contribution in [1.29, 1.82) is 0 Å². The van der Waals surface area contributed by atoms with Gasteiger partial charge in [0.25, 0.3) is 5.91 Å². The molecule has 4 heterocycles. The molecule has 0 saturated heterocycles. The highest BCUT2D eigenvalue weighted by Crippen LogP contribution is 2.36. The van der Waals surface area contributed by atoms with Crippen molar-refractivity contribution in [2.45, 2.75) is 25.5 Å². The van der Waals surface area contributed by atoms with E-state index in [1.165, 1.54) is 20.4 Å². The number of anilines is 2. The number of aromatic nitrogens is 5. The Balaban J connectivity index is 1.84. The number of fused-ring (bicyclic) bond motifs is 1. The van der Waals surface area contributed by atoms with E-state index in [4.69, 9.17) is 4.84 Å². The first-order valence-corrected chi connectivity index (χ1v) is 9.98. The van der Waals surface area contributed by atoms with E-state index < -0.39 is 11.5 Å². The number of nitrogens with zero attached hydrogens (tertiary/aromatic N) is 5. The smallest absolute Gasteiger partial charge is 0.259 e. The van der Waals surface area contributed by atoms with Crippen molar-refractivity contribution in [2.24, 2.45) is 0 Å². The first-order chi connectivity index (χ1) is 15.5. The predicted molar refractivity (Wildman–Crippen MR) is 116 cm³/mol. The van der Waals surface area contributed by atoms with Gasteiger partial charge in [-0.3, -0.25) is 19.9 Å². The summed E-state index contributed by atoms with van der Waals surface area (Å²) in [6.45, 7) is 2.63. The van der Waals surface area contributed by atoms with E-state index >= 15 is 0 Å². The fraction of sp³-hybridized carbons (Fsp3) is 0.300. The van der Waals surface area contributed by atoms with Crippen LogP contribution in [-0.2, 0) is 21.0 Å². The molecule has 1 atom stereocenters. The van der Waals surface area contributed by atoms with Gasteiger partial charge in [-0.05, 0) is 13.0 Å². The molecule has 1 aliphatic heterocycles. The maximum Gasteiger partial charge on any atom is 0.259 e. The van der Waals surface area contributed by atoms with Gasteiger partial charge >= 0.3 is 0 Å². The van der Waals surface area contributed by atoms with Gasteiger partial charge in [0.2, 0.25) is 11.5 Å². The van der Waals surface area contributed by atoms with Crippen molar-refractivity contribution in [3.63, 3.8) is 0 Å². The number of hydroxylamine groups is 1. The molecule has 32 heavy (non-hydrogen) atoms. The average Bonchev–Trinajstić information content (AvgIpc) is 3.44. The predicted octanol–water partition coefficient (Wildman–Crippen LogP) is 0.481. The van der Waals surface area contributed by atoms with Crippen LogP contribution in [-0.4, -0.2) is 56.2 Å². The second-order valence-electron chi connectivity index (χ2n) is 7.08. The fourth-order valence-electron chi connectivity index (χ4n) is 3.49. The Labute approximate surface area is 183 Å². The van der Waals surface area contributed by atoms with E-state index in [2.05, 4.69) is 41.5 Å². The van der Waals surface area contributed by atoms with Gasteiger partial charge in [0, 0.05) is 32.4 Å². The zero-order valence-electron chi connectivity index (χ0n) is 17.8. The summed E-state index contributed by atoms with van der Waals surface area (Å²) >= 11 is 0. The number of hydrogen-bond donors (Lipinski definition) is 4. The number of carbonyl (C=O) groups is 2. The van der Waals surface area contributed by atoms with Gasteiger partial charge in [0.15, 0.2) is 5.65 Å². The molecule has 3 aromatic rings. The van der Waals surface area contributed by atoms with Crippen LogP contribution < -0.4 is 21.4 Å². The van der Waals surface area contributed by atoms with Crippen molar-refractivity contribution in [3.05, 3.63) is 42.8 Å². The van der Waals surface area contributed by atoms with Gasteiger partial charge in [0.1, 0.15) is 6.33 Å². The molecule has 4 rings (SSSR count). The molecule has 166 valence electrons. The Kier molecular flexibility index (Phi) is 5.69. The van der Waals surface area contributed by atoms with Crippen molar-refractivity contribution in [3.8, 4) is 0 Å². The van der Waals surface area contributed by atoms with Gasteiger partial charge in [-0.2, -0.15) is 5.10 Å². The van der Waals surface area contributed by atoms with E-state index in [1.54, 1.807) is 35.5 Å². The molecule has 3 aromatic heterocycles. The summed E-state index contributed by atoms with van der Waals surface area (Å²) in [6.07, 6.45) is 9.48. The SMILES string of the molecule is CCn1ncc2c(Nc3cncnc3)c(C3=CC(CC(=O)NC)(C(=O)NC)ON3)cnc21. The first kappa shape index (κ1) is 21.2. The minimum Gasteiger partial charge on any atom is -0.359 e. The van der Waals surface area contributed by atoms with Crippen LogP contribution in [0.1, 0.15) is 18.9 Å². The number of rotatable bonds is 7. The van der Waals surface area contributed by atoms with Crippen LogP contribution in [0, 0.1) is 0 Å². The molecular weight excluding hydrogens is 414 g/mol. The number of pyridine rings is 1. The molecule has 0 saturated carbocycles. The summed E-state index contributed by atoms with van der Waals surface area (Å²) in [7, 11) is 2.98. The molecule has 1 unspecified atom stereocenters. The quantitative estimate of drug-likeness (QED) is 0.414. The lowest BCUT2D eigenvalue weighted by Crippen LogP contribution is -2.48. The van der Waals surface area contributed by atoms with Crippen LogP contribution in [0.2, 0.25) is 0 Å². The molecule has 0 bridgehead atoms. The largest absolute Gasteiger partial charge is 0.359 e. The van der Waals surface area contributed by atoms with Gasteiger partial charge in [0.05, 0.1) is 47.5 Å². The van der Waals surface area contributed by atoms with Crippen LogP contribution in [0.25, 0.3) is 16.7 Å². The summed E-state index contributed by atoms with van der Waals surface area (Å²) in [5, 5.41) is 13.6. The molecule has 0 spiro atoms. The van der Waals surface area contributed by atoms with E-state index in [9.17, 15) is 9.59 Å². The second-order valence-corrected chi connectivity index (χ2v) is 7.08. The van der Waals surface area contributed by atoms with E-state index in [1.807, 2.05) is 6.92 Å². The van der Waals surface area contributed by atoms with Crippen molar-refractivity contribution < 1.29 is 14.4 Å². The average molecular weight is 437 g/mol. The molecule has 0 fully saturated rings. The molecule has 12 heteroatoms. The topological polar surface area (TPSA) is 148 Å². The molecule has 12 nitrogen and oxygen atoms in total. The highest BCUT2D eigenvalue weighted by molar-refractivity contribution is 6.00. The van der Waals surface area contributed by atoms with E-state index in [0.29, 0.717) is 34.8 Å². The molecule has 4 N–H and O–H groups in total. The van der Waals surface area contributed by atoms with Crippen molar-refractivity contribution in [1.82, 2.24) is 40.8 Å². The standard InChI is InChI=1S/C20H23N9O3/c1-4-29-18-14(10-26-29)17(27-12-7-23-11-24-8-12)13(9-25-18)15-5-20(32-28-15,19(31)22-3)6-16(30)21-2/h5,7-11,28H,4,6H2,1-3H3,(H,21,30)(H,22,31)(H,25,27).